The monoisotopic (exact) mass is 396 g/mol. The van der Waals surface area contributed by atoms with Crippen LogP contribution in [0.3, 0.4) is 0 Å². The van der Waals surface area contributed by atoms with Crippen molar-refractivity contribution in [2.24, 2.45) is 0 Å². The van der Waals surface area contributed by atoms with Crippen molar-refractivity contribution in [1.82, 2.24) is 19.9 Å². The first-order valence-corrected chi connectivity index (χ1v) is 9.63. The van der Waals surface area contributed by atoms with Crippen LogP contribution in [-0.2, 0) is 6.54 Å². The summed E-state index contributed by atoms with van der Waals surface area (Å²) in [5, 5.41) is 4.72. The second-order valence-corrected chi connectivity index (χ2v) is 7.39. The number of hydrogen-bond acceptors (Lipinski definition) is 5. The molecule has 4 rings (SSSR count). The summed E-state index contributed by atoms with van der Waals surface area (Å²) in [7, 11) is 0. The molecule has 7 heteroatoms. The molecule has 28 heavy (non-hydrogen) atoms. The average Bonchev–Trinajstić information content (AvgIpc) is 3.17. The molecule has 0 aliphatic carbocycles. The van der Waals surface area contributed by atoms with E-state index in [1.54, 1.807) is 12.1 Å². The molecule has 0 saturated carbocycles. The van der Waals surface area contributed by atoms with Crippen LogP contribution in [0.5, 0.6) is 0 Å². The molecule has 1 fully saturated rings. The van der Waals surface area contributed by atoms with Crippen molar-refractivity contribution in [3.8, 4) is 11.4 Å². The fourth-order valence-corrected chi connectivity index (χ4v) is 3.42. The van der Waals surface area contributed by atoms with Gasteiger partial charge < -0.3 is 9.42 Å². The predicted molar refractivity (Wildman–Crippen MR) is 107 cm³/mol. The van der Waals surface area contributed by atoms with Gasteiger partial charge in [0.1, 0.15) is 0 Å². The van der Waals surface area contributed by atoms with Crippen LogP contribution in [0.4, 0.5) is 0 Å². The average molecular weight is 397 g/mol. The van der Waals surface area contributed by atoms with Gasteiger partial charge in [-0.15, -0.1) is 0 Å². The number of amides is 1. The number of hydrogen-bond donors (Lipinski definition) is 0. The zero-order valence-electron chi connectivity index (χ0n) is 15.6. The van der Waals surface area contributed by atoms with Crippen molar-refractivity contribution in [2.75, 3.05) is 26.2 Å². The molecular formula is C21H21ClN4O2. The van der Waals surface area contributed by atoms with Crippen LogP contribution in [0.15, 0.2) is 53.1 Å². The van der Waals surface area contributed by atoms with E-state index in [2.05, 4.69) is 15.0 Å². The van der Waals surface area contributed by atoms with Crippen molar-refractivity contribution in [1.29, 1.82) is 0 Å². The lowest BCUT2D eigenvalue weighted by molar-refractivity contribution is 0.0615. The summed E-state index contributed by atoms with van der Waals surface area (Å²) in [6.45, 7) is 5.49. The van der Waals surface area contributed by atoms with Gasteiger partial charge in [0.2, 0.25) is 11.7 Å². The van der Waals surface area contributed by atoms with Crippen molar-refractivity contribution >= 4 is 17.5 Å². The van der Waals surface area contributed by atoms with Gasteiger partial charge in [-0.3, -0.25) is 9.69 Å². The van der Waals surface area contributed by atoms with Gasteiger partial charge in [-0.2, -0.15) is 4.98 Å². The molecule has 0 N–H and O–H groups in total. The third-order valence-electron chi connectivity index (χ3n) is 4.85. The Balaban J connectivity index is 1.33. The highest BCUT2D eigenvalue weighted by Gasteiger charge is 2.23. The number of nitrogens with zero attached hydrogens (tertiary/aromatic N) is 4. The molecule has 1 aliphatic rings. The van der Waals surface area contributed by atoms with Crippen LogP contribution in [-0.4, -0.2) is 52.0 Å². The van der Waals surface area contributed by atoms with E-state index >= 15 is 0 Å². The number of benzene rings is 2. The van der Waals surface area contributed by atoms with E-state index in [1.807, 2.05) is 48.2 Å². The van der Waals surface area contributed by atoms with Crippen LogP contribution >= 0.6 is 11.6 Å². The minimum atomic E-state index is 0.0890. The summed E-state index contributed by atoms with van der Waals surface area (Å²) in [5.74, 6) is 1.22. The smallest absolute Gasteiger partial charge is 0.253 e. The summed E-state index contributed by atoms with van der Waals surface area (Å²) in [6, 6.07) is 15.1. The van der Waals surface area contributed by atoms with Crippen LogP contribution in [0.2, 0.25) is 5.02 Å². The molecule has 1 aromatic heterocycles. The maximum atomic E-state index is 12.7. The number of carbonyl (C=O) groups is 1. The Morgan fingerprint density at radius 3 is 2.57 bits per heavy atom. The van der Waals surface area contributed by atoms with Crippen molar-refractivity contribution in [2.45, 2.75) is 13.5 Å². The molecule has 2 aromatic carbocycles. The first-order chi connectivity index (χ1) is 13.6. The maximum absolute atomic E-state index is 12.7. The van der Waals surface area contributed by atoms with E-state index < -0.39 is 0 Å². The lowest BCUT2D eigenvalue weighted by atomic mass is 10.1. The Bertz CT molecular complexity index is 963. The molecule has 1 saturated heterocycles. The molecule has 0 radical (unpaired) electrons. The van der Waals surface area contributed by atoms with E-state index in [0.29, 0.717) is 36.4 Å². The fourth-order valence-electron chi connectivity index (χ4n) is 3.30. The lowest BCUT2D eigenvalue weighted by Crippen LogP contribution is -2.48. The minimum absolute atomic E-state index is 0.0890. The van der Waals surface area contributed by atoms with Gasteiger partial charge in [0.05, 0.1) is 6.54 Å². The zero-order valence-corrected chi connectivity index (χ0v) is 16.4. The summed E-state index contributed by atoms with van der Waals surface area (Å²) < 4.78 is 5.39. The Morgan fingerprint density at radius 1 is 1.11 bits per heavy atom. The third-order valence-corrected chi connectivity index (χ3v) is 5.11. The van der Waals surface area contributed by atoms with Gasteiger partial charge in [0, 0.05) is 42.3 Å². The summed E-state index contributed by atoms with van der Waals surface area (Å²) in [6.07, 6.45) is 0. The lowest BCUT2D eigenvalue weighted by Gasteiger charge is -2.34. The predicted octanol–water partition coefficient (Wildman–Crippen LogP) is 3.66. The van der Waals surface area contributed by atoms with E-state index in [4.69, 9.17) is 16.1 Å². The second kappa shape index (κ2) is 8.12. The van der Waals surface area contributed by atoms with Crippen LogP contribution in [0.25, 0.3) is 11.4 Å². The van der Waals surface area contributed by atoms with Gasteiger partial charge in [0.15, 0.2) is 0 Å². The van der Waals surface area contributed by atoms with Gasteiger partial charge >= 0.3 is 0 Å². The van der Waals surface area contributed by atoms with Gasteiger partial charge in [-0.1, -0.05) is 34.5 Å². The number of halogens is 1. The first-order valence-electron chi connectivity index (χ1n) is 9.25. The number of piperazine rings is 1. The molecule has 144 valence electrons. The van der Waals surface area contributed by atoms with E-state index in [9.17, 15) is 4.79 Å². The number of aryl methyl sites for hydroxylation is 1. The number of rotatable bonds is 4. The first kappa shape index (κ1) is 18.7. The highest BCUT2D eigenvalue weighted by molar-refractivity contribution is 6.30. The van der Waals surface area contributed by atoms with Crippen LogP contribution in [0, 0.1) is 6.92 Å². The van der Waals surface area contributed by atoms with Crippen molar-refractivity contribution in [3.05, 3.63) is 70.6 Å². The quantitative estimate of drug-likeness (QED) is 0.673. The Kier molecular flexibility index (Phi) is 5.41. The van der Waals surface area contributed by atoms with E-state index in [1.165, 1.54) is 0 Å². The number of carbonyl (C=O) groups excluding carboxylic acids is 1. The molecule has 6 nitrogen and oxygen atoms in total. The van der Waals surface area contributed by atoms with Crippen LogP contribution < -0.4 is 0 Å². The Morgan fingerprint density at radius 2 is 1.86 bits per heavy atom. The van der Waals surface area contributed by atoms with E-state index in [-0.39, 0.29) is 5.91 Å². The standard InChI is InChI=1S/C21H21ClN4O2/c1-15-3-2-4-17(13-15)21(27)26-11-9-25(10-12-26)14-19-23-20(24-28-19)16-5-7-18(22)8-6-16/h2-8,13H,9-12,14H2,1H3. The van der Waals surface area contributed by atoms with Gasteiger partial charge in [0.25, 0.3) is 5.91 Å². The van der Waals surface area contributed by atoms with Gasteiger partial charge in [-0.25, -0.2) is 0 Å². The second-order valence-electron chi connectivity index (χ2n) is 6.96. The van der Waals surface area contributed by atoms with Crippen molar-refractivity contribution in [3.63, 3.8) is 0 Å². The summed E-state index contributed by atoms with van der Waals surface area (Å²) in [4.78, 5) is 21.3. The summed E-state index contributed by atoms with van der Waals surface area (Å²) in [5.41, 5.74) is 2.71. The van der Waals surface area contributed by atoms with Crippen molar-refractivity contribution < 1.29 is 9.32 Å². The summed E-state index contributed by atoms with van der Waals surface area (Å²) >= 11 is 5.92. The highest BCUT2D eigenvalue weighted by atomic mass is 35.5. The molecule has 0 unspecified atom stereocenters. The zero-order chi connectivity index (χ0) is 19.5. The van der Waals surface area contributed by atoms with E-state index in [0.717, 1.165) is 29.8 Å². The highest BCUT2D eigenvalue weighted by Crippen LogP contribution is 2.19. The fraction of sp³-hybridized carbons (Fsp3) is 0.286. The topological polar surface area (TPSA) is 62.5 Å². The Hall–Kier alpha value is -2.70. The normalized spacial score (nSPS) is 15.0. The molecule has 0 spiro atoms. The molecule has 0 atom stereocenters. The molecule has 2 heterocycles. The maximum Gasteiger partial charge on any atom is 0.253 e. The molecule has 1 amide bonds. The molecular weight excluding hydrogens is 376 g/mol. The Labute approximate surface area is 168 Å². The van der Waals surface area contributed by atoms with Gasteiger partial charge in [-0.05, 0) is 43.3 Å². The molecule has 0 bridgehead atoms. The largest absolute Gasteiger partial charge is 0.338 e. The molecule has 3 aromatic rings. The number of aromatic nitrogens is 2. The SMILES string of the molecule is Cc1cccc(C(=O)N2CCN(Cc3nc(-c4ccc(Cl)cc4)no3)CC2)c1. The minimum Gasteiger partial charge on any atom is -0.338 e. The third kappa shape index (κ3) is 4.24. The molecule has 1 aliphatic heterocycles. The van der Waals surface area contributed by atoms with Crippen LogP contribution in [0.1, 0.15) is 21.8 Å².